The summed E-state index contributed by atoms with van der Waals surface area (Å²) in [7, 11) is 0. The number of hydrogen-bond donors (Lipinski definition) is 3. The van der Waals surface area contributed by atoms with Gasteiger partial charge in [0.25, 0.3) is 5.91 Å². The van der Waals surface area contributed by atoms with Crippen molar-refractivity contribution in [3.8, 4) is 0 Å². The maximum atomic E-state index is 12.8. The Bertz CT molecular complexity index is 666. The number of urea groups is 1. The van der Waals surface area contributed by atoms with Crippen LogP contribution in [0, 0.1) is 5.92 Å². The minimum absolute atomic E-state index is 0. The Hall–Kier alpha value is -1.50. The number of rotatable bonds is 3. The van der Waals surface area contributed by atoms with E-state index >= 15 is 0 Å². The third-order valence-corrected chi connectivity index (χ3v) is 4.84. The van der Waals surface area contributed by atoms with Crippen LogP contribution in [-0.4, -0.2) is 41.5 Å². The molecule has 1 unspecified atom stereocenters. The molecular weight excluding hydrogens is 387 g/mol. The van der Waals surface area contributed by atoms with Gasteiger partial charge in [0, 0.05) is 30.4 Å². The number of amides is 3. The van der Waals surface area contributed by atoms with Gasteiger partial charge in [0.2, 0.25) is 0 Å². The zero-order chi connectivity index (χ0) is 19.5. The Morgan fingerprint density at radius 1 is 1.26 bits per heavy atom. The molecular formula is C19H30Cl2N4O2. The Kier molecular flexibility index (Phi) is 8.39. The molecule has 1 fully saturated rings. The van der Waals surface area contributed by atoms with E-state index in [9.17, 15) is 9.59 Å². The zero-order valence-corrected chi connectivity index (χ0v) is 17.9. The van der Waals surface area contributed by atoms with Crippen LogP contribution in [0.4, 0.5) is 10.5 Å². The lowest BCUT2D eigenvalue weighted by atomic mass is 9.90. The molecule has 0 aromatic heterocycles. The van der Waals surface area contributed by atoms with Crippen LogP contribution in [-0.2, 0) is 0 Å². The second-order valence-electron chi connectivity index (χ2n) is 8.01. The summed E-state index contributed by atoms with van der Waals surface area (Å²) in [6.07, 6.45) is 1.79. The molecule has 8 heteroatoms. The fourth-order valence-electron chi connectivity index (χ4n) is 3.07. The van der Waals surface area contributed by atoms with Crippen molar-refractivity contribution >= 4 is 41.6 Å². The van der Waals surface area contributed by atoms with Gasteiger partial charge >= 0.3 is 6.03 Å². The number of nitrogens with two attached hydrogens (primary N) is 1. The predicted octanol–water partition coefficient (Wildman–Crippen LogP) is 3.88. The van der Waals surface area contributed by atoms with E-state index < -0.39 is 0 Å². The lowest BCUT2D eigenvalue weighted by Crippen LogP contribution is -2.43. The van der Waals surface area contributed by atoms with Gasteiger partial charge in [-0.15, -0.1) is 12.4 Å². The second-order valence-corrected chi connectivity index (χ2v) is 8.42. The minimum Gasteiger partial charge on any atom is -0.339 e. The topological polar surface area (TPSA) is 87.5 Å². The van der Waals surface area contributed by atoms with Gasteiger partial charge in [-0.1, -0.05) is 11.6 Å². The van der Waals surface area contributed by atoms with Crippen molar-refractivity contribution in [3.05, 3.63) is 28.8 Å². The first-order valence-electron chi connectivity index (χ1n) is 9.00. The van der Waals surface area contributed by atoms with Gasteiger partial charge < -0.3 is 21.3 Å². The average Bonchev–Trinajstić information content (AvgIpc) is 2.54. The first-order valence-corrected chi connectivity index (χ1v) is 9.38. The van der Waals surface area contributed by atoms with Gasteiger partial charge in [-0.25, -0.2) is 4.79 Å². The van der Waals surface area contributed by atoms with E-state index in [1.54, 1.807) is 23.1 Å². The van der Waals surface area contributed by atoms with Crippen molar-refractivity contribution in [1.29, 1.82) is 0 Å². The summed E-state index contributed by atoms with van der Waals surface area (Å²) in [6, 6.07) is 4.77. The molecule has 152 valence electrons. The van der Waals surface area contributed by atoms with Crippen LogP contribution >= 0.6 is 24.0 Å². The lowest BCUT2D eigenvalue weighted by Gasteiger charge is -2.34. The largest absolute Gasteiger partial charge is 0.339 e. The van der Waals surface area contributed by atoms with Crippen molar-refractivity contribution in [2.24, 2.45) is 11.7 Å². The fourth-order valence-corrected chi connectivity index (χ4v) is 3.27. The summed E-state index contributed by atoms with van der Waals surface area (Å²) in [5.74, 6) is 0.335. The third-order valence-electron chi connectivity index (χ3n) is 4.51. The summed E-state index contributed by atoms with van der Waals surface area (Å²) in [5, 5.41) is 5.95. The molecule has 0 radical (unpaired) electrons. The molecule has 1 saturated heterocycles. The van der Waals surface area contributed by atoms with Gasteiger partial charge in [-0.3, -0.25) is 4.79 Å². The van der Waals surface area contributed by atoms with E-state index in [-0.39, 0.29) is 35.9 Å². The van der Waals surface area contributed by atoms with Crippen LogP contribution in [0.2, 0.25) is 5.02 Å². The van der Waals surface area contributed by atoms with Crippen LogP contribution in [0.3, 0.4) is 0 Å². The lowest BCUT2D eigenvalue weighted by molar-refractivity contribution is 0.0681. The Balaban J connectivity index is 0.00000364. The Labute approximate surface area is 172 Å². The first-order chi connectivity index (χ1) is 12.1. The van der Waals surface area contributed by atoms with Gasteiger partial charge in [0.15, 0.2) is 0 Å². The summed E-state index contributed by atoms with van der Waals surface area (Å²) in [4.78, 5) is 26.7. The van der Waals surface area contributed by atoms with Gasteiger partial charge in [-0.2, -0.15) is 0 Å². The van der Waals surface area contributed by atoms with Crippen molar-refractivity contribution in [3.63, 3.8) is 0 Å². The number of halogens is 2. The summed E-state index contributed by atoms with van der Waals surface area (Å²) in [5.41, 5.74) is 6.55. The molecule has 1 heterocycles. The van der Waals surface area contributed by atoms with E-state index in [0.717, 1.165) is 12.8 Å². The molecule has 27 heavy (non-hydrogen) atoms. The SMILES string of the molecule is CC(N)C1CCN(C(=O)c2cc(NC(=O)NC(C)(C)C)ccc2Cl)CC1.Cl. The van der Waals surface area contributed by atoms with Crippen molar-refractivity contribution in [1.82, 2.24) is 10.2 Å². The van der Waals surface area contributed by atoms with E-state index in [1.807, 2.05) is 27.7 Å². The van der Waals surface area contributed by atoms with Gasteiger partial charge in [-0.05, 0) is 64.7 Å². The number of carbonyl (C=O) groups is 2. The molecule has 3 amide bonds. The van der Waals surface area contributed by atoms with Crippen LogP contribution in [0.15, 0.2) is 18.2 Å². The molecule has 1 aromatic carbocycles. The number of anilines is 1. The van der Waals surface area contributed by atoms with Gasteiger partial charge in [0.1, 0.15) is 0 Å². The van der Waals surface area contributed by atoms with Crippen molar-refractivity contribution < 1.29 is 9.59 Å². The molecule has 1 aliphatic rings. The molecule has 0 bridgehead atoms. The molecule has 1 aromatic rings. The highest BCUT2D eigenvalue weighted by atomic mass is 35.5. The highest BCUT2D eigenvalue weighted by Gasteiger charge is 2.26. The quantitative estimate of drug-likeness (QED) is 0.698. The van der Waals surface area contributed by atoms with E-state index in [2.05, 4.69) is 10.6 Å². The van der Waals surface area contributed by atoms with Crippen LogP contribution in [0.25, 0.3) is 0 Å². The number of piperidine rings is 1. The van der Waals surface area contributed by atoms with Crippen molar-refractivity contribution in [2.45, 2.75) is 52.1 Å². The standard InChI is InChI=1S/C19H29ClN4O2.ClH/c1-12(21)13-7-9-24(10-8-13)17(25)15-11-14(5-6-16(15)20)22-18(26)23-19(2,3)4;/h5-6,11-13H,7-10,21H2,1-4H3,(H2,22,23,26);1H. The summed E-state index contributed by atoms with van der Waals surface area (Å²) in [6.45, 7) is 9.05. The van der Waals surface area contributed by atoms with Crippen LogP contribution < -0.4 is 16.4 Å². The number of likely N-dealkylation sites (tertiary alicyclic amines) is 1. The smallest absolute Gasteiger partial charge is 0.319 e. The first kappa shape index (κ1) is 23.5. The average molecular weight is 417 g/mol. The molecule has 1 atom stereocenters. The molecule has 6 nitrogen and oxygen atoms in total. The van der Waals surface area contributed by atoms with E-state index in [4.69, 9.17) is 17.3 Å². The summed E-state index contributed by atoms with van der Waals surface area (Å²) < 4.78 is 0. The Morgan fingerprint density at radius 3 is 2.37 bits per heavy atom. The van der Waals surface area contributed by atoms with Crippen LogP contribution in [0.5, 0.6) is 0 Å². The highest BCUT2D eigenvalue weighted by Crippen LogP contribution is 2.26. The van der Waals surface area contributed by atoms with E-state index in [1.165, 1.54) is 0 Å². The second kappa shape index (κ2) is 9.62. The van der Waals surface area contributed by atoms with Gasteiger partial charge in [0.05, 0.1) is 10.6 Å². The molecule has 0 aliphatic carbocycles. The number of benzene rings is 1. The van der Waals surface area contributed by atoms with Crippen molar-refractivity contribution in [2.75, 3.05) is 18.4 Å². The fraction of sp³-hybridized carbons (Fsp3) is 0.579. The third kappa shape index (κ3) is 6.87. The Morgan fingerprint density at radius 2 is 1.85 bits per heavy atom. The molecule has 0 saturated carbocycles. The minimum atomic E-state index is -0.348. The monoisotopic (exact) mass is 416 g/mol. The molecule has 4 N–H and O–H groups in total. The number of nitrogens with zero attached hydrogens (tertiary/aromatic N) is 1. The normalized spacial score (nSPS) is 16.3. The number of carbonyl (C=O) groups excluding carboxylic acids is 2. The molecule has 0 spiro atoms. The maximum Gasteiger partial charge on any atom is 0.319 e. The zero-order valence-electron chi connectivity index (χ0n) is 16.3. The van der Waals surface area contributed by atoms with E-state index in [0.29, 0.717) is 35.3 Å². The predicted molar refractivity (Wildman–Crippen MR) is 113 cm³/mol. The highest BCUT2D eigenvalue weighted by molar-refractivity contribution is 6.34. The number of hydrogen-bond acceptors (Lipinski definition) is 3. The van der Waals surface area contributed by atoms with Crippen LogP contribution in [0.1, 0.15) is 50.9 Å². The molecule has 2 rings (SSSR count). The number of nitrogens with one attached hydrogen (secondary N) is 2. The molecule has 1 aliphatic heterocycles. The summed E-state index contributed by atoms with van der Waals surface area (Å²) >= 11 is 6.24. The maximum absolute atomic E-state index is 12.8.